The van der Waals surface area contributed by atoms with Gasteiger partial charge in [-0.1, -0.05) is 23.7 Å². The van der Waals surface area contributed by atoms with Crippen LogP contribution in [0, 0.1) is 0 Å². The second kappa shape index (κ2) is 6.28. The van der Waals surface area contributed by atoms with Gasteiger partial charge in [0, 0.05) is 17.3 Å². The summed E-state index contributed by atoms with van der Waals surface area (Å²) in [6, 6.07) is 11.3. The molecule has 0 atom stereocenters. The van der Waals surface area contributed by atoms with Crippen molar-refractivity contribution >= 4 is 29.2 Å². The molecule has 1 amide bonds. The molecular formula is C15H13ClN2O3. The summed E-state index contributed by atoms with van der Waals surface area (Å²) in [6.07, 6.45) is 0. The molecule has 0 aromatic heterocycles. The molecule has 0 aliphatic carbocycles. The Labute approximate surface area is 126 Å². The summed E-state index contributed by atoms with van der Waals surface area (Å²) < 4.78 is 0. The Kier molecular flexibility index (Phi) is 4.45. The van der Waals surface area contributed by atoms with Crippen LogP contribution >= 0.6 is 11.6 Å². The first-order valence-corrected chi connectivity index (χ1v) is 6.50. The Morgan fingerprint density at radius 3 is 2.38 bits per heavy atom. The van der Waals surface area contributed by atoms with E-state index in [1.54, 1.807) is 24.3 Å². The summed E-state index contributed by atoms with van der Waals surface area (Å²) in [5.74, 6) is -1.54. The molecule has 2 aromatic carbocycles. The fourth-order valence-corrected chi connectivity index (χ4v) is 2.01. The molecule has 0 aliphatic rings. The highest BCUT2D eigenvalue weighted by atomic mass is 35.5. The average Bonchev–Trinajstić information content (AvgIpc) is 2.46. The van der Waals surface area contributed by atoms with Gasteiger partial charge in [-0.3, -0.25) is 4.79 Å². The Morgan fingerprint density at radius 2 is 1.81 bits per heavy atom. The molecule has 6 heteroatoms. The lowest BCUT2D eigenvalue weighted by molar-refractivity contribution is 0.0696. The second-order valence-electron chi connectivity index (χ2n) is 4.41. The molecule has 2 aromatic rings. The number of anilines is 1. The van der Waals surface area contributed by atoms with Crippen molar-refractivity contribution in [2.45, 2.75) is 6.54 Å². The maximum atomic E-state index is 11.4. The van der Waals surface area contributed by atoms with Crippen LogP contribution in [-0.4, -0.2) is 17.0 Å². The van der Waals surface area contributed by atoms with Crippen molar-refractivity contribution in [3.63, 3.8) is 0 Å². The molecular weight excluding hydrogens is 292 g/mol. The molecule has 0 saturated carbocycles. The van der Waals surface area contributed by atoms with Crippen LogP contribution in [0.15, 0.2) is 42.5 Å². The zero-order valence-electron chi connectivity index (χ0n) is 11.0. The Hall–Kier alpha value is -2.53. The highest BCUT2D eigenvalue weighted by Crippen LogP contribution is 2.21. The van der Waals surface area contributed by atoms with Gasteiger partial charge >= 0.3 is 5.97 Å². The molecule has 4 N–H and O–H groups in total. The van der Waals surface area contributed by atoms with E-state index in [2.05, 4.69) is 5.32 Å². The standard InChI is InChI=1S/C15H13ClN2O3/c16-11-5-6-13(12(7-11)14(17)19)18-8-9-1-3-10(4-2-9)15(20)21/h1-7,18H,8H2,(H2,17,19)(H,20,21). The van der Waals surface area contributed by atoms with Crippen LogP contribution in [0.2, 0.25) is 5.02 Å². The van der Waals surface area contributed by atoms with E-state index in [4.69, 9.17) is 22.4 Å². The van der Waals surface area contributed by atoms with E-state index in [1.165, 1.54) is 18.2 Å². The number of nitrogens with one attached hydrogen (secondary N) is 1. The van der Waals surface area contributed by atoms with Crippen molar-refractivity contribution < 1.29 is 14.7 Å². The summed E-state index contributed by atoms with van der Waals surface area (Å²) in [7, 11) is 0. The highest BCUT2D eigenvalue weighted by Gasteiger charge is 2.09. The number of hydrogen-bond acceptors (Lipinski definition) is 3. The van der Waals surface area contributed by atoms with Crippen LogP contribution in [-0.2, 0) is 6.54 Å². The molecule has 0 radical (unpaired) electrons. The summed E-state index contributed by atoms with van der Waals surface area (Å²) in [6.45, 7) is 0.432. The lowest BCUT2D eigenvalue weighted by Crippen LogP contribution is -2.14. The van der Waals surface area contributed by atoms with E-state index in [-0.39, 0.29) is 5.56 Å². The first kappa shape index (κ1) is 14.9. The SMILES string of the molecule is NC(=O)c1cc(Cl)ccc1NCc1ccc(C(=O)O)cc1. The molecule has 0 saturated heterocycles. The number of hydrogen-bond donors (Lipinski definition) is 3. The molecule has 0 fully saturated rings. The maximum Gasteiger partial charge on any atom is 0.335 e. The number of rotatable bonds is 5. The van der Waals surface area contributed by atoms with Crippen LogP contribution < -0.4 is 11.1 Å². The van der Waals surface area contributed by atoms with Gasteiger partial charge in [0.15, 0.2) is 0 Å². The lowest BCUT2D eigenvalue weighted by Gasteiger charge is -2.10. The molecule has 21 heavy (non-hydrogen) atoms. The van der Waals surface area contributed by atoms with Crippen molar-refractivity contribution in [3.05, 3.63) is 64.2 Å². The molecule has 2 rings (SSSR count). The maximum absolute atomic E-state index is 11.4. The van der Waals surface area contributed by atoms with Gasteiger partial charge in [0.1, 0.15) is 0 Å². The second-order valence-corrected chi connectivity index (χ2v) is 4.85. The summed E-state index contributed by atoms with van der Waals surface area (Å²) in [4.78, 5) is 22.1. The predicted molar refractivity (Wildman–Crippen MR) is 80.7 cm³/mol. The third-order valence-corrected chi connectivity index (χ3v) is 3.17. The van der Waals surface area contributed by atoms with Crippen molar-refractivity contribution in [2.24, 2.45) is 5.73 Å². The number of halogens is 1. The van der Waals surface area contributed by atoms with Gasteiger partial charge in [0.05, 0.1) is 11.1 Å². The normalized spacial score (nSPS) is 10.1. The smallest absolute Gasteiger partial charge is 0.335 e. The quantitative estimate of drug-likeness (QED) is 0.792. The number of primary amides is 1. The van der Waals surface area contributed by atoms with E-state index in [1.807, 2.05) is 0 Å². The first-order chi connectivity index (χ1) is 9.97. The number of carboxylic acid groups (broad SMARTS) is 1. The van der Waals surface area contributed by atoms with Gasteiger partial charge in [-0.15, -0.1) is 0 Å². The third-order valence-electron chi connectivity index (χ3n) is 2.93. The summed E-state index contributed by atoms with van der Waals surface area (Å²) in [5.41, 5.74) is 7.30. The van der Waals surface area contributed by atoms with Gasteiger partial charge in [-0.2, -0.15) is 0 Å². The summed E-state index contributed by atoms with van der Waals surface area (Å²) in [5, 5.41) is 12.3. The number of nitrogens with two attached hydrogens (primary N) is 1. The van der Waals surface area contributed by atoms with E-state index in [0.717, 1.165) is 5.56 Å². The minimum atomic E-state index is -0.969. The van der Waals surface area contributed by atoms with Crippen LogP contribution in [0.4, 0.5) is 5.69 Å². The molecule has 0 unspecified atom stereocenters. The van der Waals surface area contributed by atoms with E-state index >= 15 is 0 Å². The van der Waals surface area contributed by atoms with Gasteiger partial charge in [-0.25, -0.2) is 4.79 Å². The third kappa shape index (κ3) is 3.73. The van der Waals surface area contributed by atoms with Crippen molar-refractivity contribution in [3.8, 4) is 0 Å². The Morgan fingerprint density at radius 1 is 1.14 bits per heavy atom. The number of aromatic carboxylic acids is 1. The topological polar surface area (TPSA) is 92.4 Å². The van der Waals surface area contributed by atoms with Crippen LogP contribution in [0.5, 0.6) is 0 Å². The fraction of sp³-hybridized carbons (Fsp3) is 0.0667. The van der Waals surface area contributed by atoms with Gasteiger partial charge in [0.25, 0.3) is 5.91 Å². The van der Waals surface area contributed by atoms with Crippen molar-refractivity contribution in [1.82, 2.24) is 0 Å². The fourth-order valence-electron chi connectivity index (χ4n) is 1.84. The van der Waals surface area contributed by atoms with E-state index in [9.17, 15) is 9.59 Å². The Balaban J connectivity index is 2.13. The van der Waals surface area contributed by atoms with Crippen LogP contribution in [0.1, 0.15) is 26.3 Å². The minimum absolute atomic E-state index is 0.225. The Bertz CT molecular complexity index is 684. The number of carbonyl (C=O) groups excluding carboxylic acids is 1. The predicted octanol–water partition coefficient (Wildman–Crippen LogP) is 2.75. The highest BCUT2D eigenvalue weighted by molar-refractivity contribution is 6.31. The number of amides is 1. The van der Waals surface area contributed by atoms with Crippen LogP contribution in [0.3, 0.4) is 0 Å². The van der Waals surface area contributed by atoms with E-state index in [0.29, 0.717) is 22.8 Å². The largest absolute Gasteiger partial charge is 0.478 e. The average molecular weight is 305 g/mol. The van der Waals surface area contributed by atoms with Crippen molar-refractivity contribution in [2.75, 3.05) is 5.32 Å². The molecule has 0 spiro atoms. The minimum Gasteiger partial charge on any atom is -0.478 e. The van der Waals surface area contributed by atoms with E-state index < -0.39 is 11.9 Å². The number of carboxylic acids is 1. The zero-order chi connectivity index (χ0) is 15.4. The zero-order valence-corrected chi connectivity index (χ0v) is 11.7. The molecule has 0 aliphatic heterocycles. The van der Waals surface area contributed by atoms with Gasteiger partial charge < -0.3 is 16.2 Å². The first-order valence-electron chi connectivity index (χ1n) is 6.13. The molecule has 0 bridgehead atoms. The summed E-state index contributed by atoms with van der Waals surface area (Å²) >= 11 is 5.83. The molecule has 108 valence electrons. The molecule has 5 nitrogen and oxygen atoms in total. The van der Waals surface area contributed by atoms with Gasteiger partial charge in [0.2, 0.25) is 0 Å². The molecule has 0 heterocycles. The van der Waals surface area contributed by atoms with Crippen LogP contribution in [0.25, 0.3) is 0 Å². The lowest BCUT2D eigenvalue weighted by atomic mass is 10.1. The van der Waals surface area contributed by atoms with Gasteiger partial charge in [-0.05, 0) is 35.9 Å². The monoisotopic (exact) mass is 304 g/mol. The van der Waals surface area contributed by atoms with Crippen molar-refractivity contribution in [1.29, 1.82) is 0 Å². The number of carbonyl (C=O) groups is 2. The number of benzene rings is 2.